The summed E-state index contributed by atoms with van der Waals surface area (Å²) in [6, 6.07) is 2.25. The standard InChI is InChI=1S/C11H6F6O5/c12-10(13,14)4-7(18)21-6-3-1-2-5(9(19)20)8(6)22-11(15,16)17/h1-3H,4H2,(H,19,20). The van der Waals surface area contributed by atoms with Crippen LogP contribution >= 0.6 is 0 Å². The summed E-state index contributed by atoms with van der Waals surface area (Å²) >= 11 is 0. The normalized spacial score (nSPS) is 11.9. The molecular weight excluding hydrogens is 326 g/mol. The molecule has 122 valence electrons. The first kappa shape index (κ1) is 17.6. The van der Waals surface area contributed by atoms with Gasteiger partial charge in [-0.05, 0) is 12.1 Å². The van der Waals surface area contributed by atoms with Crippen molar-refractivity contribution >= 4 is 11.9 Å². The molecule has 0 bridgehead atoms. The number of rotatable bonds is 4. The van der Waals surface area contributed by atoms with Crippen molar-refractivity contribution < 1.29 is 50.5 Å². The summed E-state index contributed by atoms with van der Waals surface area (Å²) in [5.74, 6) is -6.28. The molecule has 0 unspecified atom stereocenters. The number of carbonyl (C=O) groups excluding carboxylic acids is 1. The van der Waals surface area contributed by atoms with Crippen LogP contribution in [0, 0.1) is 0 Å². The van der Waals surface area contributed by atoms with Crippen LogP contribution in [0.4, 0.5) is 26.3 Å². The molecule has 0 heterocycles. The van der Waals surface area contributed by atoms with Crippen molar-refractivity contribution in [2.45, 2.75) is 19.0 Å². The number of hydrogen-bond donors (Lipinski definition) is 1. The minimum Gasteiger partial charge on any atom is -0.478 e. The number of para-hydroxylation sites is 1. The molecule has 0 aliphatic rings. The Bertz CT molecular complexity index is 577. The highest BCUT2D eigenvalue weighted by Crippen LogP contribution is 2.36. The fraction of sp³-hybridized carbons (Fsp3) is 0.273. The van der Waals surface area contributed by atoms with Gasteiger partial charge >= 0.3 is 24.5 Å². The molecule has 1 aromatic rings. The van der Waals surface area contributed by atoms with Gasteiger partial charge in [-0.2, -0.15) is 13.2 Å². The number of ether oxygens (including phenoxy) is 2. The zero-order valence-corrected chi connectivity index (χ0v) is 10.3. The number of benzene rings is 1. The van der Waals surface area contributed by atoms with Crippen molar-refractivity contribution in [3.63, 3.8) is 0 Å². The van der Waals surface area contributed by atoms with Gasteiger partial charge in [-0.1, -0.05) is 6.07 Å². The number of hydrogen-bond acceptors (Lipinski definition) is 4. The van der Waals surface area contributed by atoms with Crippen molar-refractivity contribution in [3.05, 3.63) is 23.8 Å². The fourth-order valence-electron chi connectivity index (χ4n) is 1.31. The van der Waals surface area contributed by atoms with Crippen LogP contribution in [-0.4, -0.2) is 29.6 Å². The lowest BCUT2D eigenvalue weighted by molar-refractivity contribution is -0.275. The van der Waals surface area contributed by atoms with Gasteiger partial charge in [0.2, 0.25) is 0 Å². The van der Waals surface area contributed by atoms with Gasteiger partial charge in [-0.15, -0.1) is 13.2 Å². The molecule has 0 spiro atoms. The summed E-state index contributed by atoms with van der Waals surface area (Å²) in [6.45, 7) is 0. The van der Waals surface area contributed by atoms with Gasteiger partial charge < -0.3 is 14.6 Å². The second-order valence-electron chi connectivity index (χ2n) is 3.75. The van der Waals surface area contributed by atoms with Crippen LogP contribution < -0.4 is 9.47 Å². The van der Waals surface area contributed by atoms with Gasteiger partial charge in [-0.25, -0.2) is 4.79 Å². The maximum atomic E-state index is 12.2. The maximum Gasteiger partial charge on any atom is 0.573 e. The first-order valence-electron chi connectivity index (χ1n) is 5.28. The highest BCUT2D eigenvalue weighted by atomic mass is 19.4. The predicted octanol–water partition coefficient (Wildman–Crippen LogP) is 3.14. The molecule has 0 atom stereocenters. The Morgan fingerprint density at radius 2 is 1.68 bits per heavy atom. The van der Waals surface area contributed by atoms with E-state index in [4.69, 9.17) is 5.11 Å². The van der Waals surface area contributed by atoms with Crippen molar-refractivity contribution in [1.29, 1.82) is 0 Å². The van der Waals surface area contributed by atoms with Gasteiger partial charge in [0.05, 0.1) is 0 Å². The van der Waals surface area contributed by atoms with E-state index in [1.54, 1.807) is 0 Å². The topological polar surface area (TPSA) is 72.8 Å². The van der Waals surface area contributed by atoms with Crippen LogP contribution in [0.5, 0.6) is 11.5 Å². The van der Waals surface area contributed by atoms with Crippen molar-refractivity contribution in [2.75, 3.05) is 0 Å². The molecule has 1 N–H and O–H groups in total. The highest BCUT2D eigenvalue weighted by molar-refractivity contribution is 5.92. The molecular formula is C11H6F6O5. The molecule has 0 aliphatic carbocycles. The van der Waals surface area contributed by atoms with E-state index in [9.17, 15) is 35.9 Å². The van der Waals surface area contributed by atoms with Gasteiger partial charge in [0.15, 0.2) is 11.5 Å². The van der Waals surface area contributed by atoms with Gasteiger partial charge in [0.1, 0.15) is 12.0 Å². The molecule has 0 fully saturated rings. The lowest BCUT2D eigenvalue weighted by Crippen LogP contribution is -2.22. The van der Waals surface area contributed by atoms with Crippen LogP contribution in [0.2, 0.25) is 0 Å². The molecule has 11 heteroatoms. The second-order valence-corrected chi connectivity index (χ2v) is 3.75. The summed E-state index contributed by atoms with van der Waals surface area (Å²) in [5, 5.41) is 8.74. The third kappa shape index (κ3) is 5.50. The summed E-state index contributed by atoms with van der Waals surface area (Å²) in [4.78, 5) is 21.8. The molecule has 0 saturated carbocycles. The Morgan fingerprint density at radius 1 is 1.09 bits per heavy atom. The summed E-state index contributed by atoms with van der Waals surface area (Å²) in [5.41, 5.74) is -1.03. The van der Waals surface area contributed by atoms with Crippen LogP contribution in [0.25, 0.3) is 0 Å². The predicted molar refractivity (Wildman–Crippen MR) is 56.4 cm³/mol. The van der Waals surface area contributed by atoms with Crippen molar-refractivity contribution in [1.82, 2.24) is 0 Å². The van der Waals surface area contributed by atoms with Crippen LogP contribution in [0.1, 0.15) is 16.8 Å². The van der Waals surface area contributed by atoms with E-state index < -0.39 is 48.0 Å². The number of halogens is 6. The van der Waals surface area contributed by atoms with E-state index in [0.717, 1.165) is 6.07 Å². The zero-order chi connectivity index (χ0) is 17.1. The second kappa shape index (κ2) is 6.12. The van der Waals surface area contributed by atoms with Gasteiger partial charge in [0, 0.05) is 0 Å². The Hall–Kier alpha value is -2.46. The number of carbonyl (C=O) groups is 2. The smallest absolute Gasteiger partial charge is 0.478 e. The number of aromatic carboxylic acids is 1. The number of carboxylic acid groups (broad SMARTS) is 1. The number of esters is 1. The third-order valence-corrected chi connectivity index (χ3v) is 2.00. The van der Waals surface area contributed by atoms with E-state index in [2.05, 4.69) is 9.47 Å². The molecule has 1 rings (SSSR count). The van der Waals surface area contributed by atoms with Crippen molar-refractivity contribution in [2.24, 2.45) is 0 Å². The molecule has 5 nitrogen and oxygen atoms in total. The third-order valence-electron chi connectivity index (χ3n) is 2.00. The quantitative estimate of drug-likeness (QED) is 0.521. The average Bonchev–Trinajstić information content (AvgIpc) is 2.26. The Labute approximate surface area is 118 Å². The molecule has 0 saturated heterocycles. The first-order chi connectivity index (χ1) is 9.89. The van der Waals surface area contributed by atoms with E-state index in [0.29, 0.717) is 12.1 Å². The zero-order valence-electron chi connectivity index (χ0n) is 10.3. The SMILES string of the molecule is O=C(CC(F)(F)F)Oc1cccc(C(=O)O)c1OC(F)(F)F. The molecule has 22 heavy (non-hydrogen) atoms. The van der Waals surface area contributed by atoms with Crippen LogP contribution in [-0.2, 0) is 4.79 Å². The number of carboxylic acids is 1. The first-order valence-corrected chi connectivity index (χ1v) is 5.28. The molecule has 0 amide bonds. The minimum atomic E-state index is -5.34. The Balaban J connectivity index is 3.16. The summed E-state index contributed by atoms with van der Waals surface area (Å²) in [6.07, 6.45) is -12.3. The fourth-order valence-corrected chi connectivity index (χ4v) is 1.31. The molecule has 1 aromatic carbocycles. The van der Waals surface area contributed by atoms with E-state index in [1.807, 2.05) is 0 Å². The lowest BCUT2D eigenvalue weighted by Gasteiger charge is -2.15. The summed E-state index contributed by atoms with van der Waals surface area (Å²) in [7, 11) is 0. The Kier molecular flexibility index (Phi) is 4.89. The molecule has 0 aliphatic heterocycles. The highest BCUT2D eigenvalue weighted by Gasteiger charge is 2.36. The lowest BCUT2D eigenvalue weighted by atomic mass is 10.2. The maximum absolute atomic E-state index is 12.2. The average molecular weight is 332 g/mol. The number of alkyl halides is 6. The van der Waals surface area contributed by atoms with Crippen LogP contribution in [0.3, 0.4) is 0 Å². The minimum absolute atomic E-state index is 0.668. The van der Waals surface area contributed by atoms with Gasteiger partial charge in [0.25, 0.3) is 0 Å². The van der Waals surface area contributed by atoms with E-state index in [-0.39, 0.29) is 0 Å². The van der Waals surface area contributed by atoms with Gasteiger partial charge in [-0.3, -0.25) is 4.79 Å². The van der Waals surface area contributed by atoms with Crippen LogP contribution in [0.15, 0.2) is 18.2 Å². The summed E-state index contributed by atoms with van der Waals surface area (Å²) < 4.78 is 80.2. The molecule has 0 radical (unpaired) electrons. The largest absolute Gasteiger partial charge is 0.573 e. The Morgan fingerprint density at radius 3 is 2.14 bits per heavy atom. The van der Waals surface area contributed by atoms with E-state index in [1.165, 1.54) is 0 Å². The van der Waals surface area contributed by atoms with E-state index >= 15 is 0 Å². The van der Waals surface area contributed by atoms with Crippen molar-refractivity contribution in [3.8, 4) is 11.5 Å². The monoisotopic (exact) mass is 332 g/mol. The molecule has 0 aromatic heterocycles.